The van der Waals surface area contributed by atoms with Crippen LogP contribution in [-0.2, 0) is 0 Å². The van der Waals surface area contributed by atoms with Gasteiger partial charge in [-0.3, -0.25) is 15.2 Å². The van der Waals surface area contributed by atoms with Crippen molar-refractivity contribution in [2.75, 3.05) is 33.1 Å². The average Bonchev–Trinajstić information content (AvgIpc) is 2.35. The highest BCUT2D eigenvalue weighted by molar-refractivity contribution is 6.02. The molecule has 104 valence electrons. The van der Waals surface area contributed by atoms with Gasteiger partial charge in [-0.1, -0.05) is 18.2 Å². The summed E-state index contributed by atoms with van der Waals surface area (Å²) in [5.41, 5.74) is 2.98. The first-order valence-corrected chi connectivity index (χ1v) is 6.11. The van der Waals surface area contributed by atoms with Gasteiger partial charge < -0.3 is 4.90 Å². The minimum atomic E-state index is -0.226. The number of hydrogen-bond donors (Lipinski definition) is 1. The van der Waals surface area contributed by atoms with Gasteiger partial charge in [-0.15, -0.1) is 0 Å². The molecule has 0 fully saturated rings. The Bertz CT molecular complexity index is 476. The summed E-state index contributed by atoms with van der Waals surface area (Å²) in [6, 6.07) is 5.70. The molecule has 0 radical (unpaired) electrons. The summed E-state index contributed by atoms with van der Waals surface area (Å²) >= 11 is 0. The van der Waals surface area contributed by atoms with E-state index in [-0.39, 0.29) is 12.0 Å². The number of nitrogens with zero attached hydrogens (tertiary/aromatic N) is 3. The predicted octanol–water partition coefficient (Wildman–Crippen LogP) is 2.29. The van der Waals surface area contributed by atoms with E-state index in [1.165, 1.54) is 4.90 Å². The van der Waals surface area contributed by atoms with E-state index >= 15 is 0 Å². The Morgan fingerprint density at radius 2 is 1.53 bits per heavy atom. The SMILES string of the molecule is Cc1cccc(C)c1N(C)C(=O)N(C)C(=N)N(C)C. The number of anilines is 1. The first-order valence-electron chi connectivity index (χ1n) is 6.11. The van der Waals surface area contributed by atoms with Crippen molar-refractivity contribution in [2.45, 2.75) is 13.8 Å². The largest absolute Gasteiger partial charge is 0.349 e. The molecule has 0 saturated heterocycles. The van der Waals surface area contributed by atoms with Crippen LogP contribution in [0.4, 0.5) is 10.5 Å². The maximum Gasteiger partial charge on any atom is 0.330 e. The third-order valence-corrected chi connectivity index (χ3v) is 3.09. The van der Waals surface area contributed by atoms with Gasteiger partial charge in [-0.05, 0) is 25.0 Å². The van der Waals surface area contributed by atoms with Crippen molar-refractivity contribution in [1.29, 1.82) is 5.41 Å². The van der Waals surface area contributed by atoms with Crippen LogP contribution in [0.1, 0.15) is 11.1 Å². The zero-order chi connectivity index (χ0) is 14.7. The maximum atomic E-state index is 12.4. The number of amides is 2. The Morgan fingerprint density at radius 1 is 1.05 bits per heavy atom. The molecule has 5 heteroatoms. The summed E-state index contributed by atoms with van der Waals surface area (Å²) in [6.07, 6.45) is 0. The van der Waals surface area contributed by atoms with Crippen LogP contribution in [-0.4, -0.2) is 50.0 Å². The predicted molar refractivity (Wildman–Crippen MR) is 78.9 cm³/mol. The fraction of sp³-hybridized carbons (Fsp3) is 0.429. The summed E-state index contributed by atoms with van der Waals surface area (Å²) in [5, 5.41) is 7.85. The quantitative estimate of drug-likeness (QED) is 0.623. The molecular weight excluding hydrogens is 240 g/mol. The number of nitrogens with one attached hydrogen (secondary N) is 1. The molecule has 2 amide bonds. The van der Waals surface area contributed by atoms with Crippen molar-refractivity contribution in [3.05, 3.63) is 29.3 Å². The van der Waals surface area contributed by atoms with Crippen LogP contribution in [0.5, 0.6) is 0 Å². The first-order chi connectivity index (χ1) is 8.77. The van der Waals surface area contributed by atoms with Gasteiger partial charge in [0, 0.05) is 28.2 Å². The van der Waals surface area contributed by atoms with Crippen LogP contribution in [0, 0.1) is 19.3 Å². The van der Waals surface area contributed by atoms with Gasteiger partial charge in [0.15, 0.2) is 0 Å². The molecule has 19 heavy (non-hydrogen) atoms. The van der Waals surface area contributed by atoms with Gasteiger partial charge in [0.05, 0.1) is 5.69 Å². The van der Waals surface area contributed by atoms with Gasteiger partial charge >= 0.3 is 6.03 Å². The standard InChI is InChI=1S/C14H22N4O/c1-10-8-7-9-11(2)12(10)17(5)14(19)18(6)13(15)16(3)4/h7-9,15H,1-6H3. The van der Waals surface area contributed by atoms with Gasteiger partial charge in [0.1, 0.15) is 0 Å². The molecule has 0 aliphatic rings. The van der Waals surface area contributed by atoms with Gasteiger partial charge in [-0.25, -0.2) is 4.79 Å². The molecule has 0 atom stereocenters. The third kappa shape index (κ3) is 3.05. The molecule has 0 aliphatic heterocycles. The highest BCUT2D eigenvalue weighted by Crippen LogP contribution is 2.24. The van der Waals surface area contributed by atoms with Crippen molar-refractivity contribution in [3.63, 3.8) is 0 Å². The molecule has 0 bridgehead atoms. The normalized spacial score (nSPS) is 10.0. The number of para-hydroxylation sites is 1. The fourth-order valence-electron chi connectivity index (χ4n) is 2.05. The van der Waals surface area contributed by atoms with E-state index in [2.05, 4.69) is 0 Å². The zero-order valence-electron chi connectivity index (χ0n) is 12.5. The molecule has 0 unspecified atom stereocenters. The Labute approximate surface area is 114 Å². The fourth-order valence-corrected chi connectivity index (χ4v) is 2.05. The Balaban J connectivity index is 3.04. The molecular formula is C14H22N4O. The lowest BCUT2D eigenvalue weighted by molar-refractivity contribution is 0.230. The van der Waals surface area contributed by atoms with E-state index < -0.39 is 0 Å². The van der Waals surface area contributed by atoms with E-state index in [0.717, 1.165) is 16.8 Å². The number of aryl methyl sites for hydroxylation is 2. The highest BCUT2D eigenvalue weighted by atomic mass is 16.2. The second kappa shape index (κ2) is 5.73. The molecule has 1 aromatic carbocycles. The van der Waals surface area contributed by atoms with Crippen LogP contribution >= 0.6 is 0 Å². The zero-order valence-corrected chi connectivity index (χ0v) is 12.5. The Morgan fingerprint density at radius 3 is 1.95 bits per heavy atom. The highest BCUT2D eigenvalue weighted by Gasteiger charge is 2.22. The van der Waals surface area contributed by atoms with E-state index in [9.17, 15) is 4.79 Å². The van der Waals surface area contributed by atoms with Crippen LogP contribution in [0.25, 0.3) is 0 Å². The summed E-state index contributed by atoms with van der Waals surface area (Å²) in [4.78, 5) is 16.9. The van der Waals surface area contributed by atoms with E-state index in [1.807, 2.05) is 32.0 Å². The minimum Gasteiger partial charge on any atom is -0.349 e. The second-order valence-electron chi connectivity index (χ2n) is 4.86. The number of benzene rings is 1. The van der Waals surface area contributed by atoms with Crippen molar-refractivity contribution >= 4 is 17.7 Å². The average molecular weight is 262 g/mol. The summed E-state index contributed by atoms with van der Waals surface area (Å²) in [6.45, 7) is 3.95. The molecule has 1 rings (SSSR count). The molecule has 0 saturated carbocycles. The second-order valence-corrected chi connectivity index (χ2v) is 4.86. The summed E-state index contributed by atoms with van der Waals surface area (Å²) < 4.78 is 0. The third-order valence-electron chi connectivity index (χ3n) is 3.09. The van der Waals surface area contributed by atoms with Gasteiger partial charge in [-0.2, -0.15) is 0 Å². The monoisotopic (exact) mass is 262 g/mol. The number of carbonyl (C=O) groups is 1. The molecule has 1 aromatic rings. The maximum absolute atomic E-state index is 12.4. The van der Waals surface area contributed by atoms with Crippen molar-refractivity contribution in [2.24, 2.45) is 0 Å². The van der Waals surface area contributed by atoms with Crippen LogP contribution < -0.4 is 4.90 Å². The molecule has 0 aromatic heterocycles. The lowest BCUT2D eigenvalue weighted by Crippen LogP contribution is -2.47. The lowest BCUT2D eigenvalue weighted by Gasteiger charge is -2.29. The molecule has 0 spiro atoms. The number of carbonyl (C=O) groups excluding carboxylic acids is 1. The lowest BCUT2D eigenvalue weighted by atomic mass is 10.1. The summed E-state index contributed by atoms with van der Waals surface area (Å²) in [5.74, 6) is 0.156. The minimum absolute atomic E-state index is 0.156. The molecule has 1 N–H and O–H groups in total. The summed E-state index contributed by atoms with van der Waals surface area (Å²) in [7, 11) is 6.82. The van der Waals surface area contributed by atoms with Crippen LogP contribution in [0.15, 0.2) is 18.2 Å². The van der Waals surface area contributed by atoms with Crippen LogP contribution in [0.2, 0.25) is 0 Å². The topological polar surface area (TPSA) is 50.6 Å². The number of guanidine groups is 1. The first kappa shape index (κ1) is 15.0. The number of rotatable bonds is 1. The van der Waals surface area contributed by atoms with Crippen LogP contribution in [0.3, 0.4) is 0 Å². The molecule has 5 nitrogen and oxygen atoms in total. The Kier molecular flexibility index (Phi) is 4.53. The molecule has 0 aliphatic carbocycles. The van der Waals surface area contributed by atoms with Gasteiger partial charge in [0.25, 0.3) is 0 Å². The van der Waals surface area contributed by atoms with Gasteiger partial charge in [0.2, 0.25) is 5.96 Å². The number of urea groups is 1. The van der Waals surface area contributed by atoms with E-state index in [4.69, 9.17) is 5.41 Å². The number of hydrogen-bond acceptors (Lipinski definition) is 2. The van der Waals surface area contributed by atoms with Crippen molar-refractivity contribution in [1.82, 2.24) is 9.80 Å². The Hall–Kier alpha value is -2.04. The smallest absolute Gasteiger partial charge is 0.330 e. The van der Waals surface area contributed by atoms with E-state index in [0.29, 0.717) is 0 Å². The van der Waals surface area contributed by atoms with Crippen molar-refractivity contribution < 1.29 is 4.79 Å². The van der Waals surface area contributed by atoms with E-state index in [1.54, 1.807) is 38.0 Å². The van der Waals surface area contributed by atoms with Crippen molar-refractivity contribution in [3.8, 4) is 0 Å². The molecule has 0 heterocycles.